The molecule has 2 amide bonds. The van der Waals surface area contributed by atoms with Crippen molar-refractivity contribution in [3.8, 4) is 5.75 Å². The molecule has 1 aliphatic carbocycles. The minimum Gasteiger partial charge on any atom is -0.495 e. The summed E-state index contributed by atoms with van der Waals surface area (Å²) in [6.07, 6.45) is 2.99. The number of methoxy groups -OCH3 is 1. The third kappa shape index (κ3) is 5.37. The van der Waals surface area contributed by atoms with Crippen LogP contribution < -0.4 is 10.1 Å². The summed E-state index contributed by atoms with van der Waals surface area (Å²) >= 11 is 0. The van der Waals surface area contributed by atoms with Gasteiger partial charge in [0.05, 0.1) is 12.8 Å². The van der Waals surface area contributed by atoms with Gasteiger partial charge in [-0.05, 0) is 50.3 Å². The van der Waals surface area contributed by atoms with Crippen molar-refractivity contribution >= 4 is 17.5 Å². The Labute approximate surface area is 173 Å². The Kier molecular flexibility index (Phi) is 7.28. The van der Waals surface area contributed by atoms with Crippen molar-refractivity contribution in [1.29, 1.82) is 0 Å². The zero-order chi connectivity index (χ0) is 20.6. The van der Waals surface area contributed by atoms with Crippen molar-refractivity contribution in [1.82, 2.24) is 4.90 Å². The molecule has 0 spiro atoms. The number of ether oxygens (including phenoxy) is 1. The minimum atomic E-state index is -0.0619. The molecular formula is C24H30N2O3. The number of anilines is 1. The number of nitrogens with zero attached hydrogens (tertiary/aromatic N) is 1. The maximum Gasteiger partial charge on any atom is 0.227 e. The van der Waals surface area contributed by atoms with Crippen LogP contribution in [0.2, 0.25) is 0 Å². The van der Waals surface area contributed by atoms with Crippen molar-refractivity contribution in [3.63, 3.8) is 0 Å². The lowest BCUT2D eigenvalue weighted by atomic mass is 9.80. The van der Waals surface area contributed by atoms with Crippen LogP contribution >= 0.6 is 0 Å². The molecule has 154 valence electrons. The van der Waals surface area contributed by atoms with Crippen molar-refractivity contribution in [3.05, 3.63) is 60.2 Å². The number of para-hydroxylation sites is 2. The van der Waals surface area contributed by atoms with Crippen LogP contribution in [0.15, 0.2) is 54.6 Å². The Bertz CT molecular complexity index is 814. The van der Waals surface area contributed by atoms with E-state index in [9.17, 15) is 9.59 Å². The third-order valence-electron chi connectivity index (χ3n) is 5.72. The highest BCUT2D eigenvalue weighted by molar-refractivity contribution is 5.94. The topological polar surface area (TPSA) is 58.6 Å². The molecule has 0 radical (unpaired) electrons. The van der Waals surface area contributed by atoms with Crippen molar-refractivity contribution < 1.29 is 14.3 Å². The molecule has 0 aromatic heterocycles. The van der Waals surface area contributed by atoms with E-state index in [0.29, 0.717) is 24.5 Å². The lowest BCUT2D eigenvalue weighted by molar-refractivity contribution is -0.138. The molecule has 0 unspecified atom stereocenters. The summed E-state index contributed by atoms with van der Waals surface area (Å²) in [4.78, 5) is 27.6. The SMILES string of the molecule is CCN(Cc1ccccc1)C(=O)C1CCC(C(=O)Nc2ccccc2OC)CC1. The Morgan fingerprint density at radius 2 is 1.59 bits per heavy atom. The Balaban J connectivity index is 1.53. The van der Waals surface area contributed by atoms with Crippen molar-refractivity contribution in [2.75, 3.05) is 19.0 Å². The molecule has 29 heavy (non-hydrogen) atoms. The maximum atomic E-state index is 13.0. The Morgan fingerprint density at radius 1 is 0.966 bits per heavy atom. The van der Waals surface area contributed by atoms with Gasteiger partial charge in [0.1, 0.15) is 5.75 Å². The van der Waals surface area contributed by atoms with E-state index in [1.807, 2.05) is 54.3 Å². The van der Waals surface area contributed by atoms with E-state index in [-0.39, 0.29) is 23.7 Å². The summed E-state index contributed by atoms with van der Waals surface area (Å²) in [5.41, 5.74) is 1.84. The van der Waals surface area contributed by atoms with Crippen LogP contribution in [0.4, 0.5) is 5.69 Å². The number of benzene rings is 2. The van der Waals surface area contributed by atoms with Crippen molar-refractivity contribution in [2.45, 2.75) is 39.2 Å². The standard InChI is InChI=1S/C24H30N2O3/c1-3-26(17-18-9-5-4-6-10-18)24(28)20-15-13-19(14-16-20)23(27)25-21-11-7-8-12-22(21)29-2/h4-12,19-20H,3,13-17H2,1-2H3,(H,25,27). The number of carbonyl (C=O) groups excluding carboxylic acids is 2. The maximum absolute atomic E-state index is 13.0. The predicted octanol–water partition coefficient (Wildman–Crippen LogP) is 4.49. The summed E-state index contributed by atoms with van der Waals surface area (Å²) in [6, 6.07) is 17.5. The molecule has 2 aromatic carbocycles. The normalized spacial score (nSPS) is 18.7. The number of rotatable bonds is 7. The molecule has 0 saturated heterocycles. The molecule has 1 fully saturated rings. The molecule has 5 heteroatoms. The van der Waals surface area contributed by atoms with Crippen LogP contribution in [0.25, 0.3) is 0 Å². The second-order valence-electron chi connectivity index (χ2n) is 7.58. The van der Waals surface area contributed by atoms with E-state index in [0.717, 1.165) is 31.2 Å². The Morgan fingerprint density at radius 3 is 2.24 bits per heavy atom. The summed E-state index contributed by atoms with van der Waals surface area (Å²) in [7, 11) is 1.59. The molecule has 0 aliphatic heterocycles. The van der Waals surface area contributed by atoms with Crippen LogP contribution in [-0.4, -0.2) is 30.4 Å². The highest BCUT2D eigenvalue weighted by Crippen LogP contribution is 2.32. The predicted molar refractivity (Wildman–Crippen MR) is 115 cm³/mol. The van der Waals surface area contributed by atoms with Crippen LogP contribution in [0, 0.1) is 11.8 Å². The first-order valence-corrected chi connectivity index (χ1v) is 10.4. The fourth-order valence-electron chi connectivity index (χ4n) is 3.99. The molecule has 3 rings (SSSR count). The van der Waals surface area contributed by atoms with Gasteiger partial charge in [-0.15, -0.1) is 0 Å². The van der Waals surface area contributed by atoms with Crippen molar-refractivity contribution in [2.24, 2.45) is 11.8 Å². The zero-order valence-electron chi connectivity index (χ0n) is 17.3. The molecule has 5 nitrogen and oxygen atoms in total. The lowest BCUT2D eigenvalue weighted by Crippen LogP contribution is -2.38. The first-order chi connectivity index (χ1) is 14.1. The smallest absolute Gasteiger partial charge is 0.227 e. The second kappa shape index (κ2) is 10.1. The molecule has 0 heterocycles. The molecule has 1 N–H and O–H groups in total. The first kappa shape index (κ1) is 20.9. The van der Waals surface area contributed by atoms with Crippen LogP contribution in [0.3, 0.4) is 0 Å². The van der Waals surface area contributed by atoms with E-state index in [4.69, 9.17) is 4.74 Å². The molecule has 1 saturated carbocycles. The van der Waals surface area contributed by atoms with E-state index in [2.05, 4.69) is 17.4 Å². The number of hydrogen-bond donors (Lipinski definition) is 1. The summed E-state index contributed by atoms with van der Waals surface area (Å²) in [6.45, 7) is 3.36. The van der Waals surface area contributed by atoms with E-state index >= 15 is 0 Å². The third-order valence-corrected chi connectivity index (χ3v) is 5.72. The van der Waals surface area contributed by atoms with Gasteiger partial charge < -0.3 is 15.0 Å². The fourth-order valence-corrected chi connectivity index (χ4v) is 3.99. The Hall–Kier alpha value is -2.82. The number of carbonyl (C=O) groups is 2. The fraction of sp³-hybridized carbons (Fsp3) is 0.417. The second-order valence-corrected chi connectivity index (χ2v) is 7.58. The number of amides is 2. The highest BCUT2D eigenvalue weighted by Gasteiger charge is 2.32. The number of nitrogens with one attached hydrogen (secondary N) is 1. The van der Waals surface area contributed by atoms with Gasteiger partial charge in [-0.1, -0.05) is 42.5 Å². The summed E-state index contributed by atoms with van der Waals surface area (Å²) in [5.74, 6) is 0.823. The average molecular weight is 395 g/mol. The van der Waals surface area contributed by atoms with Gasteiger partial charge in [0.15, 0.2) is 0 Å². The zero-order valence-corrected chi connectivity index (χ0v) is 17.3. The minimum absolute atomic E-state index is 0.00831. The summed E-state index contributed by atoms with van der Waals surface area (Å²) in [5, 5.41) is 2.98. The van der Waals surface area contributed by atoms with E-state index < -0.39 is 0 Å². The largest absolute Gasteiger partial charge is 0.495 e. The highest BCUT2D eigenvalue weighted by atomic mass is 16.5. The van der Waals surface area contributed by atoms with Crippen LogP contribution in [-0.2, 0) is 16.1 Å². The van der Waals surface area contributed by atoms with Gasteiger partial charge in [-0.2, -0.15) is 0 Å². The lowest BCUT2D eigenvalue weighted by Gasteiger charge is -2.31. The molecule has 2 aromatic rings. The van der Waals surface area contributed by atoms with E-state index in [1.165, 1.54) is 0 Å². The van der Waals surface area contributed by atoms with Gasteiger partial charge in [0.25, 0.3) is 0 Å². The molecule has 1 aliphatic rings. The van der Waals surface area contributed by atoms with Gasteiger partial charge in [0, 0.05) is 24.9 Å². The quantitative estimate of drug-likeness (QED) is 0.753. The van der Waals surface area contributed by atoms with Gasteiger partial charge in [0.2, 0.25) is 11.8 Å². The van der Waals surface area contributed by atoms with Crippen LogP contribution in [0.5, 0.6) is 5.75 Å². The monoisotopic (exact) mass is 394 g/mol. The average Bonchev–Trinajstić information content (AvgIpc) is 2.78. The van der Waals surface area contributed by atoms with Gasteiger partial charge >= 0.3 is 0 Å². The molecule has 0 bridgehead atoms. The molecular weight excluding hydrogens is 364 g/mol. The van der Waals surface area contributed by atoms with Crippen LogP contribution in [0.1, 0.15) is 38.2 Å². The number of hydrogen-bond acceptors (Lipinski definition) is 3. The molecule has 0 atom stereocenters. The van der Waals surface area contributed by atoms with Gasteiger partial charge in [-0.3, -0.25) is 9.59 Å². The summed E-state index contributed by atoms with van der Waals surface area (Å²) < 4.78 is 5.30. The van der Waals surface area contributed by atoms with E-state index in [1.54, 1.807) is 7.11 Å². The first-order valence-electron chi connectivity index (χ1n) is 10.4. The van der Waals surface area contributed by atoms with Gasteiger partial charge in [-0.25, -0.2) is 0 Å².